The van der Waals surface area contributed by atoms with Crippen LogP contribution in [0.3, 0.4) is 0 Å². The van der Waals surface area contributed by atoms with Crippen LogP contribution in [0, 0.1) is 23.7 Å². The molecule has 4 saturated heterocycles. The number of methoxy groups -OCH3 is 2. The highest BCUT2D eigenvalue weighted by atomic mass is 16.7. The van der Waals surface area contributed by atoms with Gasteiger partial charge in [-0.15, -0.1) is 0 Å². The average molecular weight is 643 g/mol. The molecule has 0 aromatic carbocycles. The van der Waals surface area contributed by atoms with E-state index in [1.54, 1.807) is 26.4 Å². The van der Waals surface area contributed by atoms with E-state index in [0.717, 1.165) is 60.9 Å². The maximum absolute atomic E-state index is 12.2. The van der Waals surface area contributed by atoms with Crippen LogP contribution in [0.25, 0.3) is 0 Å². The van der Waals surface area contributed by atoms with E-state index in [0.29, 0.717) is 25.2 Å². The lowest BCUT2D eigenvalue weighted by Crippen LogP contribution is -2.48. The summed E-state index contributed by atoms with van der Waals surface area (Å²) < 4.78 is 22.9. The second kappa shape index (κ2) is 12.7. The Labute approximate surface area is 278 Å². The monoisotopic (exact) mass is 642 g/mol. The van der Waals surface area contributed by atoms with Gasteiger partial charge in [0.15, 0.2) is 17.5 Å². The first-order valence-corrected chi connectivity index (χ1v) is 16.9. The Morgan fingerprint density at radius 1 is 0.915 bits per heavy atom. The third kappa shape index (κ3) is 5.31. The predicted octanol–water partition coefficient (Wildman–Crippen LogP) is 1.94. The Morgan fingerprint density at radius 3 is 2.21 bits per heavy atom. The molecule has 2 aliphatic carbocycles. The summed E-state index contributed by atoms with van der Waals surface area (Å²) in [5.41, 5.74) is 2.96. The third-order valence-corrected chi connectivity index (χ3v) is 11.1. The van der Waals surface area contributed by atoms with Crippen LogP contribution in [0.4, 0.5) is 0 Å². The molecule has 0 aromatic heterocycles. The number of fused-ring (bicyclic) bond motifs is 6. The molecule has 2 spiro atoms. The maximum atomic E-state index is 12.2. The van der Waals surface area contributed by atoms with E-state index >= 15 is 0 Å². The molecule has 0 radical (unpaired) electrons. The van der Waals surface area contributed by atoms with Crippen molar-refractivity contribution in [3.05, 3.63) is 46.6 Å². The van der Waals surface area contributed by atoms with Crippen molar-refractivity contribution >= 4 is 11.9 Å². The van der Waals surface area contributed by atoms with Crippen LogP contribution in [0.2, 0.25) is 0 Å². The zero-order chi connectivity index (χ0) is 32.9. The molecule has 0 saturated carbocycles. The van der Waals surface area contributed by atoms with E-state index < -0.39 is 11.2 Å². The van der Waals surface area contributed by atoms with Gasteiger partial charge >= 0.3 is 11.9 Å². The molecule has 7 unspecified atom stereocenters. The largest absolute Gasteiger partial charge is 0.449 e. The topological polar surface area (TPSA) is 92.8 Å². The summed E-state index contributed by atoms with van der Waals surface area (Å²) in [5, 5.41) is 3.03. The van der Waals surface area contributed by atoms with E-state index in [2.05, 4.69) is 51.0 Å². The van der Waals surface area contributed by atoms with Gasteiger partial charge in [0.2, 0.25) is 0 Å². The summed E-state index contributed by atoms with van der Waals surface area (Å²) in [6.45, 7) is 2.45. The summed E-state index contributed by atoms with van der Waals surface area (Å²) in [6, 6.07) is 1.22. The van der Waals surface area contributed by atoms with Gasteiger partial charge in [0.05, 0.1) is 31.2 Å². The van der Waals surface area contributed by atoms with E-state index in [1.165, 1.54) is 12.8 Å². The summed E-state index contributed by atoms with van der Waals surface area (Å²) in [4.78, 5) is 31.1. The van der Waals surface area contributed by atoms with Gasteiger partial charge < -0.3 is 24.3 Å². The Balaban J connectivity index is 0.000000153. The molecule has 6 heterocycles. The number of nitrogens with one attached hydrogen (secondary N) is 1. The molecule has 1 N–H and O–H groups in total. The first kappa shape index (κ1) is 32.3. The van der Waals surface area contributed by atoms with Gasteiger partial charge in [0.1, 0.15) is 0 Å². The van der Waals surface area contributed by atoms with Crippen molar-refractivity contribution in [3.63, 3.8) is 0 Å². The number of esters is 2. The molecule has 8 aliphatic rings. The third-order valence-electron chi connectivity index (χ3n) is 11.1. The minimum Gasteiger partial charge on any atom is -0.449 e. The van der Waals surface area contributed by atoms with E-state index in [1.807, 2.05) is 26.0 Å². The summed E-state index contributed by atoms with van der Waals surface area (Å²) in [5.74, 6) is 12.4. The maximum Gasteiger partial charge on any atom is 0.332 e. The SMILES string of the molecule is CNCC#CC1=CC2CC3(OC(=O)C=C13)C1CCCCN21.COC(OC)C1CCC2N1C1C=C(C#CCN(C)C)C3=CC(=O)OC32C1. The Kier molecular flexibility index (Phi) is 8.71. The number of carbonyl (C=O) groups is 2. The number of carbonyl (C=O) groups excluding carboxylic acids is 2. The van der Waals surface area contributed by atoms with Crippen LogP contribution in [-0.4, -0.2) is 129 Å². The summed E-state index contributed by atoms with van der Waals surface area (Å²) >= 11 is 0. The minimum atomic E-state index is -0.556. The fourth-order valence-electron chi connectivity index (χ4n) is 9.48. The van der Waals surface area contributed by atoms with E-state index in [-0.39, 0.29) is 36.4 Å². The molecule has 0 amide bonds. The molecule has 10 heteroatoms. The lowest BCUT2D eigenvalue weighted by Gasteiger charge is -2.38. The van der Waals surface area contributed by atoms with Crippen molar-refractivity contribution in [2.45, 2.75) is 92.6 Å². The molecule has 6 aliphatic heterocycles. The van der Waals surface area contributed by atoms with Gasteiger partial charge in [0, 0.05) is 73.6 Å². The van der Waals surface area contributed by atoms with Crippen LogP contribution in [0.1, 0.15) is 44.9 Å². The van der Waals surface area contributed by atoms with Crippen molar-refractivity contribution in [1.29, 1.82) is 0 Å². The molecule has 4 fully saturated rings. The Hall–Kier alpha value is -3.22. The average Bonchev–Trinajstić information content (AvgIpc) is 3.83. The Morgan fingerprint density at radius 2 is 1.55 bits per heavy atom. The number of hydrogen-bond donors (Lipinski definition) is 1. The van der Waals surface area contributed by atoms with Crippen LogP contribution < -0.4 is 5.32 Å². The zero-order valence-corrected chi connectivity index (χ0v) is 28.1. The van der Waals surface area contributed by atoms with Gasteiger partial charge in [-0.3, -0.25) is 14.7 Å². The number of piperidine rings is 1. The Bertz CT molecular complexity index is 1570. The minimum absolute atomic E-state index is 0.158. The van der Waals surface area contributed by atoms with E-state index in [4.69, 9.17) is 18.9 Å². The highest BCUT2D eigenvalue weighted by Crippen LogP contribution is 2.56. The standard InChI is InChI=1S/C20H26N2O4.C17H20N2O2/c1-21(2)9-5-6-13-10-14-12-20(15(13)11-18(23)26-20)17-8-7-16(22(14)17)19(24-3)25-4;1-18-7-4-5-12-9-13-11-17(14(12)10-16(20)21-17)15-6-2-3-8-19(13)15/h10-11,14,16-17,19H,7-9,12H2,1-4H3;9-10,13,15,18H,2-3,6-8,11H2,1H3. The van der Waals surface area contributed by atoms with Gasteiger partial charge in [-0.1, -0.05) is 42.3 Å². The first-order chi connectivity index (χ1) is 22.7. The molecule has 4 bridgehead atoms. The molecule has 8 rings (SSSR count). The van der Waals surface area contributed by atoms with Crippen molar-refractivity contribution in [1.82, 2.24) is 20.0 Å². The number of nitrogens with zero attached hydrogens (tertiary/aromatic N) is 3. The highest BCUT2D eigenvalue weighted by Gasteiger charge is 2.65. The molecule has 47 heavy (non-hydrogen) atoms. The van der Waals surface area contributed by atoms with Gasteiger partial charge in [-0.2, -0.15) is 0 Å². The molecular formula is C37H46N4O6. The lowest BCUT2D eigenvalue weighted by molar-refractivity contribution is -0.151. The molecule has 250 valence electrons. The van der Waals surface area contributed by atoms with Gasteiger partial charge in [0.25, 0.3) is 0 Å². The van der Waals surface area contributed by atoms with Crippen LogP contribution >= 0.6 is 0 Å². The number of rotatable bonds is 5. The quantitative estimate of drug-likeness (QED) is 0.273. The van der Waals surface area contributed by atoms with Crippen LogP contribution in [0.15, 0.2) is 46.6 Å². The second-order valence-electron chi connectivity index (χ2n) is 14.0. The van der Waals surface area contributed by atoms with Crippen LogP contribution in [-0.2, 0) is 28.5 Å². The fraction of sp³-hybridized carbons (Fsp3) is 0.622. The highest BCUT2D eigenvalue weighted by molar-refractivity contribution is 5.90. The first-order valence-electron chi connectivity index (χ1n) is 16.9. The molecule has 10 nitrogen and oxygen atoms in total. The smallest absolute Gasteiger partial charge is 0.332 e. The fourth-order valence-corrected chi connectivity index (χ4v) is 9.48. The molecular weight excluding hydrogens is 596 g/mol. The molecule has 0 aromatic rings. The van der Waals surface area contributed by atoms with Gasteiger partial charge in [-0.05, 0) is 53.4 Å². The normalized spacial score (nSPS) is 35.9. The van der Waals surface area contributed by atoms with Gasteiger partial charge in [-0.25, -0.2) is 9.59 Å². The number of ether oxygens (including phenoxy) is 4. The predicted molar refractivity (Wildman–Crippen MR) is 176 cm³/mol. The van der Waals surface area contributed by atoms with Crippen molar-refractivity contribution in [2.75, 3.05) is 55.0 Å². The van der Waals surface area contributed by atoms with Crippen molar-refractivity contribution in [2.24, 2.45) is 0 Å². The van der Waals surface area contributed by atoms with Crippen LogP contribution in [0.5, 0.6) is 0 Å². The zero-order valence-electron chi connectivity index (χ0n) is 28.1. The second-order valence-corrected chi connectivity index (χ2v) is 14.0. The summed E-state index contributed by atoms with van der Waals surface area (Å²) in [6.07, 6.45) is 14.7. The van der Waals surface area contributed by atoms with Crippen molar-refractivity contribution < 1.29 is 28.5 Å². The van der Waals surface area contributed by atoms with E-state index in [9.17, 15) is 9.59 Å². The number of hydrogen-bond acceptors (Lipinski definition) is 10. The lowest BCUT2D eigenvalue weighted by atomic mass is 9.77. The van der Waals surface area contributed by atoms with Crippen molar-refractivity contribution in [3.8, 4) is 23.7 Å². The molecule has 7 atom stereocenters. The summed E-state index contributed by atoms with van der Waals surface area (Å²) in [7, 11) is 9.23.